The molecule has 8 heteroatoms. The normalized spacial score (nSPS) is 12.2. The summed E-state index contributed by atoms with van der Waals surface area (Å²) in [4.78, 5) is 24.0. The lowest BCUT2D eigenvalue weighted by molar-refractivity contribution is -0.185. The lowest BCUT2D eigenvalue weighted by Gasteiger charge is -2.26. The van der Waals surface area contributed by atoms with Crippen molar-refractivity contribution < 1.29 is 27.5 Å². The molecule has 0 fully saturated rings. The number of likely N-dealkylation sites (N-methyl/N-ethyl adjacent to an activating group) is 1. The van der Waals surface area contributed by atoms with Crippen LogP contribution in [0.15, 0.2) is 54.6 Å². The number of rotatable bonds is 10. The third-order valence-corrected chi connectivity index (χ3v) is 4.80. The quantitative estimate of drug-likeness (QED) is 0.570. The monoisotopic (exact) mass is 436 g/mol. The van der Waals surface area contributed by atoms with E-state index in [1.807, 2.05) is 30.3 Å². The van der Waals surface area contributed by atoms with Gasteiger partial charge in [0.2, 0.25) is 5.91 Å². The molecule has 0 unspecified atom stereocenters. The molecule has 0 aliphatic rings. The zero-order chi connectivity index (χ0) is 22.9. The van der Waals surface area contributed by atoms with Crippen molar-refractivity contribution in [1.29, 1.82) is 0 Å². The predicted octanol–water partition coefficient (Wildman–Crippen LogP) is 4.11. The number of carbonyl (C=O) groups excluding carboxylic acids is 2. The second-order valence-corrected chi connectivity index (χ2v) is 7.33. The Morgan fingerprint density at radius 1 is 1.06 bits per heavy atom. The van der Waals surface area contributed by atoms with Crippen LogP contribution in [-0.4, -0.2) is 42.6 Å². The van der Waals surface area contributed by atoms with Crippen LogP contribution in [0, 0.1) is 0 Å². The second kappa shape index (κ2) is 11.4. The maximum absolute atomic E-state index is 12.6. The van der Waals surface area contributed by atoms with Crippen LogP contribution in [0.5, 0.6) is 5.75 Å². The Morgan fingerprint density at radius 2 is 1.74 bits per heavy atom. The molecule has 2 amide bonds. The van der Waals surface area contributed by atoms with E-state index in [1.165, 1.54) is 0 Å². The minimum atomic E-state index is -4.89. The van der Waals surface area contributed by atoms with Crippen molar-refractivity contribution >= 4 is 11.8 Å². The van der Waals surface area contributed by atoms with Crippen molar-refractivity contribution in [2.24, 2.45) is 0 Å². The van der Waals surface area contributed by atoms with Gasteiger partial charge in [0, 0.05) is 26.1 Å². The van der Waals surface area contributed by atoms with Crippen molar-refractivity contribution in [3.8, 4) is 5.75 Å². The van der Waals surface area contributed by atoms with Crippen LogP contribution in [0.25, 0.3) is 0 Å². The van der Waals surface area contributed by atoms with Crippen LogP contribution in [-0.2, 0) is 22.6 Å². The van der Waals surface area contributed by atoms with Gasteiger partial charge in [-0.25, -0.2) is 0 Å². The highest BCUT2D eigenvalue weighted by molar-refractivity contribution is 5.81. The lowest BCUT2D eigenvalue weighted by Crippen LogP contribution is -2.44. The Morgan fingerprint density at radius 3 is 2.42 bits per heavy atom. The topological polar surface area (TPSA) is 58.6 Å². The number of ether oxygens (including phenoxy) is 1. The summed E-state index contributed by atoms with van der Waals surface area (Å²) in [7, 11) is 1.14. The first-order chi connectivity index (χ1) is 14.7. The maximum Gasteiger partial charge on any atom is 0.471 e. The maximum atomic E-state index is 12.6. The van der Waals surface area contributed by atoms with Gasteiger partial charge < -0.3 is 15.0 Å². The van der Waals surface area contributed by atoms with Gasteiger partial charge in [-0.2, -0.15) is 13.2 Å². The van der Waals surface area contributed by atoms with E-state index in [1.54, 1.807) is 31.2 Å². The van der Waals surface area contributed by atoms with Crippen LogP contribution in [0.2, 0.25) is 0 Å². The molecule has 2 aromatic rings. The van der Waals surface area contributed by atoms with Gasteiger partial charge in [-0.05, 0) is 43.0 Å². The molecule has 168 valence electrons. The highest BCUT2D eigenvalue weighted by atomic mass is 19.4. The van der Waals surface area contributed by atoms with Crippen molar-refractivity contribution in [3.05, 3.63) is 65.7 Å². The zero-order valence-electron chi connectivity index (χ0n) is 17.6. The fraction of sp³-hybridized carbons (Fsp3) is 0.391. The SMILES string of the molecule is C[C@@H](Cc1cccc(OCCCC(=O)NCc2ccccc2)c1)N(C)C(=O)C(F)(F)F. The summed E-state index contributed by atoms with van der Waals surface area (Å²) in [5.41, 5.74) is 1.79. The molecule has 2 rings (SSSR count). The summed E-state index contributed by atoms with van der Waals surface area (Å²) in [6.07, 6.45) is -3.77. The Labute approximate surface area is 180 Å². The molecule has 0 aliphatic carbocycles. The van der Waals surface area contributed by atoms with E-state index in [9.17, 15) is 22.8 Å². The highest BCUT2D eigenvalue weighted by Crippen LogP contribution is 2.21. The van der Waals surface area contributed by atoms with Gasteiger partial charge in [0.1, 0.15) is 5.75 Å². The molecule has 0 radical (unpaired) electrons. The predicted molar refractivity (Wildman–Crippen MR) is 111 cm³/mol. The number of alkyl halides is 3. The van der Waals surface area contributed by atoms with E-state index in [2.05, 4.69) is 5.32 Å². The summed E-state index contributed by atoms with van der Waals surface area (Å²) in [6, 6.07) is 16.0. The Bertz CT molecular complexity index is 857. The van der Waals surface area contributed by atoms with Crippen molar-refractivity contribution in [2.75, 3.05) is 13.7 Å². The Hall–Kier alpha value is -3.03. The fourth-order valence-electron chi connectivity index (χ4n) is 2.95. The second-order valence-electron chi connectivity index (χ2n) is 7.33. The molecule has 2 aromatic carbocycles. The Kier molecular flexibility index (Phi) is 8.90. The van der Waals surface area contributed by atoms with Crippen molar-refractivity contribution in [3.63, 3.8) is 0 Å². The molecule has 0 bridgehead atoms. The largest absolute Gasteiger partial charge is 0.494 e. The molecule has 1 N–H and O–H groups in total. The number of amides is 2. The summed E-state index contributed by atoms with van der Waals surface area (Å²) >= 11 is 0. The average Bonchev–Trinajstić information content (AvgIpc) is 2.74. The highest BCUT2D eigenvalue weighted by Gasteiger charge is 2.42. The van der Waals surface area contributed by atoms with Gasteiger partial charge >= 0.3 is 12.1 Å². The standard InChI is InChI=1S/C23H27F3N2O3/c1-17(28(2)22(30)23(24,25)26)14-19-10-6-11-20(15-19)31-13-7-12-21(29)27-16-18-8-4-3-5-9-18/h3-6,8-11,15,17H,7,12-14,16H2,1-2H3,(H,27,29)/t17-/m0/s1. The molecule has 0 spiro atoms. The van der Waals surface area contributed by atoms with Gasteiger partial charge in [0.05, 0.1) is 6.61 Å². The van der Waals surface area contributed by atoms with Crippen LogP contribution in [0.1, 0.15) is 30.9 Å². The molecule has 0 heterocycles. The number of benzene rings is 2. The number of halogens is 3. The third kappa shape index (κ3) is 8.32. The van der Waals surface area contributed by atoms with E-state index < -0.39 is 18.1 Å². The zero-order valence-corrected chi connectivity index (χ0v) is 17.6. The van der Waals surface area contributed by atoms with Crippen LogP contribution in [0.4, 0.5) is 13.2 Å². The molecular weight excluding hydrogens is 409 g/mol. The van der Waals surface area contributed by atoms with Crippen LogP contribution >= 0.6 is 0 Å². The van der Waals surface area contributed by atoms with E-state index in [4.69, 9.17) is 4.74 Å². The van der Waals surface area contributed by atoms with E-state index in [0.717, 1.165) is 18.2 Å². The van der Waals surface area contributed by atoms with E-state index in [0.29, 0.717) is 36.6 Å². The van der Waals surface area contributed by atoms with Crippen molar-refractivity contribution in [2.45, 2.75) is 44.9 Å². The minimum absolute atomic E-state index is 0.0626. The fourth-order valence-corrected chi connectivity index (χ4v) is 2.95. The summed E-state index contributed by atoms with van der Waals surface area (Å²) in [5, 5.41) is 2.85. The molecule has 0 saturated carbocycles. The van der Waals surface area contributed by atoms with Crippen LogP contribution in [0.3, 0.4) is 0 Å². The first-order valence-corrected chi connectivity index (χ1v) is 10.0. The van der Waals surface area contributed by atoms with Crippen molar-refractivity contribution in [1.82, 2.24) is 10.2 Å². The third-order valence-electron chi connectivity index (χ3n) is 4.80. The molecule has 1 atom stereocenters. The smallest absolute Gasteiger partial charge is 0.471 e. The first kappa shape index (κ1) is 24.2. The van der Waals surface area contributed by atoms with E-state index >= 15 is 0 Å². The molecular formula is C23H27F3N2O3. The molecule has 0 aromatic heterocycles. The van der Waals surface area contributed by atoms with Gasteiger partial charge in [-0.15, -0.1) is 0 Å². The number of nitrogens with zero attached hydrogens (tertiary/aromatic N) is 1. The van der Waals surface area contributed by atoms with E-state index in [-0.39, 0.29) is 12.3 Å². The lowest BCUT2D eigenvalue weighted by atomic mass is 10.1. The number of carbonyl (C=O) groups is 2. The molecule has 0 aliphatic heterocycles. The van der Waals surface area contributed by atoms with Gasteiger partial charge in [0.15, 0.2) is 0 Å². The van der Waals surface area contributed by atoms with Crippen LogP contribution < -0.4 is 10.1 Å². The molecule has 31 heavy (non-hydrogen) atoms. The molecule has 5 nitrogen and oxygen atoms in total. The number of hydrogen-bond donors (Lipinski definition) is 1. The summed E-state index contributed by atoms with van der Waals surface area (Å²) in [5.74, 6) is -1.36. The molecule has 0 saturated heterocycles. The van der Waals surface area contributed by atoms with Gasteiger partial charge in [-0.1, -0.05) is 42.5 Å². The average molecular weight is 436 g/mol. The number of hydrogen-bond acceptors (Lipinski definition) is 3. The van der Waals surface area contributed by atoms with Gasteiger partial charge in [0.25, 0.3) is 0 Å². The summed E-state index contributed by atoms with van der Waals surface area (Å²) in [6.45, 7) is 2.38. The Balaban J connectivity index is 1.74. The minimum Gasteiger partial charge on any atom is -0.494 e. The first-order valence-electron chi connectivity index (χ1n) is 10.0. The summed E-state index contributed by atoms with van der Waals surface area (Å²) < 4.78 is 43.4. The number of nitrogens with one attached hydrogen (secondary N) is 1. The van der Waals surface area contributed by atoms with Gasteiger partial charge in [-0.3, -0.25) is 9.59 Å².